The smallest absolute Gasteiger partial charge is 0.241 e. The molecule has 1 unspecified atom stereocenters. The fourth-order valence-electron chi connectivity index (χ4n) is 4.08. The van der Waals surface area contributed by atoms with Crippen LogP contribution in [0.25, 0.3) is 0 Å². The highest BCUT2D eigenvalue weighted by atomic mass is 35.5. The lowest BCUT2D eigenvalue weighted by Crippen LogP contribution is -2.47. The second-order valence-electron chi connectivity index (χ2n) is 8.42. The molecule has 0 saturated heterocycles. The average Bonchev–Trinajstić information content (AvgIpc) is 3.27. The SMILES string of the molecule is CC(=O)N1CCc2cc(S(=O)(=O)NC(Cc3ccccc3)C(=O)NCc3ccc(Cl)cc3)ccc21. The fourth-order valence-corrected chi connectivity index (χ4v) is 5.45. The van der Waals surface area contributed by atoms with E-state index in [0.717, 1.165) is 22.4 Å². The normalized spacial score (nSPS) is 13.8. The zero-order valence-electron chi connectivity index (χ0n) is 19.2. The van der Waals surface area contributed by atoms with Gasteiger partial charge in [-0.15, -0.1) is 0 Å². The first-order valence-electron chi connectivity index (χ1n) is 11.2. The number of nitrogens with zero attached hydrogens (tertiary/aromatic N) is 1. The quantitative estimate of drug-likeness (QED) is 0.484. The van der Waals surface area contributed by atoms with Gasteiger partial charge in [0, 0.05) is 30.7 Å². The number of hydrogen-bond donors (Lipinski definition) is 2. The van der Waals surface area contributed by atoms with Gasteiger partial charge in [-0.2, -0.15) is 4.72 Å². The van der Waals surface area contributed by atoms with Crippen molar-refractivity contribution in [1.29, 1.82) is 0 Å². The van der Waals surface area contributed by atoms with E-state index >= 15 is 0 Å². The predicted molar refractivity (Wildman–Crippen MR) is 136 cm³/mol. The van der Waals surface area contributed by atoms with Crippen LogP contribution in [0.15, 0.2) is 77.7 Å². The van der Waals surface area contributed by atoms with E-state index in [1.807, 2.05) is 30.3 Å². The summed E-state index contributed by atoms with van der Waals surface area (Å²) < 4.78 is 29.1. The Morgan fingerprint density at radius 3 is 2.40 bits per heavy atom. The second-order valence-corrected chi connectivity index (χ2v) is 10.6. The lowest BCUT2D eigenvalue weighted by atomic mass is 10.1. The molecule has 2 amide bonds. The van der Waals surface area contributed by atoms with Crippen LogP contribution in [-0.4, -0.2) is 32.8 Å². The molecule has 0 aliphatic carbocycles. The Morgan fingerprint density at radius 2 is 1.71 bits per heavy atom. The predicted octanol–water partition coefficient (Wildman–Crippen LogP) is 3.46. The summed E-state index contributed by atoms with van der Waals surface area (Å²) in [5, 5.41) is 3.41. The maximum absolute atomic E-state index is 13.3. The van der Waals surface area contributed by atoms with Crippen molar-refractivity contribution in [3.05, 3.63) is 94.5 Å². The highest BCUT2D eigenvalue weighted by molar-refractivity contribution is 7.89. The summed E-state index contributed by atoms with van der Waals surface area (Å²) in [5.74, 6) is -0.519. The number of carbonyl (C=O) groups is 2. The van der Waals surface area contributed by atoms with E-state index in [1.54, 1.807) is 41.3 Å². The minimum absolute atomic E-state index is 0.0604. The summed E-state index contributed by atoms with van der Waals surface area (Å²) in [5.41, 5.74) is 3.18. The number of halogens is 1. The standard InChI is InChI=1S/C26H26ClN3O4S/c1-18(31)30-14-13-21-16-23(11-12-25(21)30)35(33,34)29-24(15-19-5-3-2-4-6-19)26(32)28-17-20-7-9-22(27)10-8-20/h2-12,16,24,29H,13-15,17H2,1H3,(H,28,32). The van der Waals surface area contributed by atoms with Gasteiger partial charge < -0.3 is 10.2 Å². The molecule has 0 aromatic heterocycles. The van der Waals surface area contributed by atoms with E-state index in [0.29, 0.717) is 18.0 Å². The molecule has 35 heavy (non-hydrogen) atoms. The third-order valence-electron chi connectivity index (χ3n) is 5.91. The summed E-state index contributed by atoms with van der Waals surface area (Å²) in [6, 6.07) is 20.0. The van der Waals surface area contributed by atoms with Crippen molar-refractivity contribution < 1.29 is 18.0 Å². The summed E-state index contributed by atoms with van der Waals surface area (Å²) >= 11 is 5.92. The van der Waals surface area contributed by atoms with Crippen LogP contribution in [-0.2, 0) is 39.0 Å². The number of anilines is 1. The van der Waals surface area contributed by atoms with Crippen LogP contribution in [0.4, 0.5) is 5.69 Å². The van der Waals surface area contributed by atoms with Gasteiger partial charge in [0.1, 0.15) is 6.04 Å². The minimum Gasteiger partial charge on any atom is -0.351 e. The molecule has 0 fully saturated rings. The van der Waals surface area contributed by atoms with Gasteiger partial charge in [-0.05, 0) is 59.9 Å². The molecule has 0 bridgehead atoms. The van der Waals surface area contributed by atoms with Crippen molar-refractivity contribution in [3.63, 3.8) is 0 Å². The van der Waals surface area contributed by atoms with Gasteiger partial charge in [0.05, 0.1) is 4.90 Å². The Hall–Kier alpha value is -3.20. The van der Waals surface area contributed by atoms with Gasteiger partial charge in [-0.1, -0.05) is 54.1 Å². The zero-order chi connectivity index (χ0) is 25.0. The molecule has 3 aromatic carbocycles. The number of rotatable bonds is 8. The molecular formula is C26H26ClN3O4S. The van der Waals surface area contributed by atoms with Crippen LogP contribution < -0.4 is 14.9 Å². The summed E-state index contributed by atoms with van der Waals surface area (Å²) in [7, 11) is -4.00. The topological polar surface area (TPSA) is 95.6 Å². The van der Waals surface area contributed by atoms with Crippen molar-refractivity contribution in [1.82, 2.24) is 10.0 Å². The van der Waals surface area contributed by atoms with Crippen LogP contribution in [0, 0.1) is 0 Å². The third kappa shape index (κ3) is 6.08. The molecule has 1 aliphatic heterocycles. The molecule has 7 nitrogen and oxygen atoms in total. The minimum atomic E-state index is -4.00. The van der Waals surface area contributed by atoms with Crippen molar-refractivity contribution >= 4 is 39.1 Å². The van der Waals surface area contributed by atoms with Crippen LogP contribution in [0.1, 0.15) is 23.6 Å². The van der Waals surface area contributed by atoms with Crippen molar-refractivity contribution in [2.45, 2.75) is 37.2 Å². The molecule has 9 heteroatoms. The number of carbonyl (C=O) groups excluding carboxylic acids is 2. The van der Waals surface area contributed by atoms with Gasteiger partial charge in [-0.25, -0.2) is 8.42 Å². The van der Waals surface area contributed by atoms with Crippen molar-refractivity contribution in [2.24, 2.45) is 0 Å². The molecule has 1 atom stereocenters. The number of benzene rings is 3. The van der Waals surface area contributed by atoms with Gasteiger partial charge in [0.15, 0.2) is 0 Å². The van der Waals surface area contributed by atoms with E-state index in [9.17, 15) is 18.0 Å². The molecule has 0 spiro atoms. The number of fused-ring (bicyclic) bond motifs is 1. The lowest BCUT2D eigenvalue weighted by Gasteiger charge is -2.20. The van der Waals surface area contributed by atoms with E-state index in [4.69, 9.17) is 11.6 Å². The Labute approximate surface area is 210 Å². The molecular weight excluding hydrogens is 486 g/mol. The molecule has 0 radical (unpaired) electrons. The maximum Gasteiger partial charge on any atom is 0.241 e. The molecule has 0 saturated carbocycles. The van der Waals surface area contributed by atoms with Crippen molar-refractivity contribution in [3.8, 4) is 0 Å². The van der Waals surface area contributed by atoms with Crippen LogP contribution in [0.3, 0.4) is 0 Å². The Bertz CT molecular complexity index is 1330. The number of nitrogens with one attached hydrogen (secondary N) is 2. The molecule has 2 N–H and O–H groups in total. The number of sulfonamides is 1. The largest absolute Gasteiger partial charge is 0.351 e. The first kappa shape index (κ1) is 24.9. The molecule has 182 valence electrons. The summed E-state index contributed by atoms with van der Waals surface area (Å²) in [6.45, 7) is 2.24. The van der Waals surface area contributed by atoms with E-state index in [1.165, 1.54) is 13.0 Å². The first-order valence-corrected chi connectivity index (χ1v) is 13.1. The number of hydrogen-bond acceptors (Lipinski definition) is 4. The molecule has 1 aliphatic rings. The van der Waals surface area contributed by atoms with Crippen LogP contribution in [0.5, 0.6) is 0 Å². The zero-order valence-corrected chi connectivity index (χ0v) is 20.8. The van der Waals surface area contributed by atoms with Crippen LogP contribution in [0.2, 0.25) is 5.02 Å². The first-order chi connectivity index (χ1) is 16.7. The summed E-state index contributed by atoms with van der Waals surface area (Å²) in [6.07, 6.45) is 0.767. The molecule has 3 aromatic rings. The van der Waals surface area contributed by atoms with Gasteiger partial charge >= 0.3 is 0 Å². The number of amides is 2. The van der Waals surface area contributed by atoms with Crippen molar-refractivity contribution in [2.75, 3.05) is 11.4 Å². The maximum atomic E-state index is 13.3. The van der Waals surface area contributed by atoms with E-state index < -0.39 is 22.0 Å². The highest BCUT2D eigenvalue weighted by Crippen LogP contribution is 2.30. The Balaban J connectivity index is 1.54. The summed E-state index contributed by atoms with van der Waals surface area (Å²) in [4.78, 5) is 26.6. The average molecular weight is 512 g/mol. The van der Waals surface area contributed by atoms with E-state index in [-0.39, 0.29) is 23.8 Å². The molecule has 4 rings (SSSR count). The highest BCUT2D eigenvalue weighted by Gasteiger charge is 2.28. The monoisotopic (exact) mass is 511 g/mol. The third-order valence-corrected chi connectivity index (χ3v) is 7.63. The Morgan fingerprint density at radius 1 is 1.00 bits per heavy atom. The Kier molecular flexibility index (Phi) is 7.54. The fraction of sp³-hybridized carbons (Fsp3) is 0.231. The van der Waals surface area contributed by atoms with Gasteiger partial charge in [0.2, 0.25) is 21.8 Å². The van der Waals surface area contributed by atoms with Gasteiger partial charge in [-0.3, -0.25) is 9.59 Å². The second kappa shape index (κ2) is 10.6. The lowest BCUT2D eigenvalue weighted by molar-refractivity contribution is -0.123. The van der Waals surface area contributed by atoms with E-state index in [2.05, 4.69) is 10.0 Å². The molecule has 1 heterocycles. The van der Waals surface area contributed by atoms with Gasteiger partial charge in [0.25, 0.3) is 0 Å². The van der Waals surface area contributed by atoms with Crippen LogP contribution >= 0.6 is 11.6 Å².